The number of hydrogen-bond donors (Lipinski definition) is 0. The summed E-state index contributed by atoms with van der Waals surface area (Å²) in [6, 6.07) is 0.542. The lowest BCUT2D eigenvalue weighted by atomic mass is 10.0. The van der Waals surface area contributed by atoms with Crippen LogP contribution in [0.15, 0.2) is 0 Å². The van der Waals surface area contributed by atoms with Crippen LogP contribution in [0.3, 0.4) is 0 Å². The van der Waals surface area contributed by atoms with Gasteiger partial charge in [0.05, 0.1) is 6.61 Å². The third-order valence-corrected chi connectivity index (χ3v) is 4.58. The predicted octanol–water partition coefficient (Wildman–Crippen LogP) is 3.25. The van der Waals surface area contributed by atoms with E-state index in [0.717, 1.165) is 16.6 Å². The van der Waals surface area contributed by atoms with Gasteiger partial charge in [0.15, 0.2) is 10.8 Å². The second-order valence-electron chi connectivity index (χ2n) is 5.27. The molecular weight excluding hydrogens is 260 g/mol. The van der Waals surface area contributed by atoms with Gasteiger partial charge in [-0.3, -0.25) is 0 Å². The molecule has 1 saturated heterocycles. The number of carbonyl (C=O) groups excluding carboxylic acids is 1. The summed E-state index contributed by atoms with van der Waals surface area (Å²) >= 11 is 1.60. The maximum Gasteiger partial charge on any atom is 0.358 e. The normalized spacial score (nSPS) is 19.2. The maximum absolute atomic E-state index is 11.8. The molecule has 1 aliphatic rings. The Morgan fingerprint density at radius 1 is 1.58 bits per heavy atom. The number of aromatic nitrogens is 1. The summed E-state index contributed by atoms with van der Waals surface area (Å²) in [5.74, 6) is 0.306. The second-order valence-corrected chi connectivity index (χ2v) is 6.45. The summed E-state index contributed by atoms with van der Waals surface area (Å²) in [6.07, 6.45) is 2.42. The summed E-state index contributed by atoms with van der Waals surface area (Å²) in [5.41, 5.74) is 0.483. The number of carbonyl (C=O) groups is 1. The fourth-order valence-corrected chi connectivity index (χ4v) is 3.60. The number of nitrogens with zero attached hydrogens (tertiary/aromatic N) is 2. The van der Waals surface area contributed by atoms with Crippen molar-refractivity contribution < 1.29 is 9.53 Å². The molecule has 2 heterocycles. The number of hydrogen-bond acceptors (Lipinski definition) is 5. The van der Waals surface area contributed by atoms with Crippen LogP contribution >= 0.6 is 11.3 Å². The predicted molar refractivity (Wildman–Crippen MR) is 78.0 cm³/mol. The van der Waals surface area contributed by atoms with Crippen molar-refractivity contribution in [2.45, 2.75) is 46.6 Å². The first kappa shape index (κ1) is 14.3. The molecular formula is C14H22N2O2S. The molecule has 1 aromatic heterocycles. The summed E-state index contributed by atoms with van der Waals surface area (Å²) in [7, 11) is 0. The van der Waals surface area contributed by atoms with Gasteiger partial charge in [-0.15, -0.1) is 11.3 Å². The molecule has 0 saturated carbocycles. The zero-order valence-corrected chi connectivity index (χ0v) is 12.9. The van der Waals surface area contributed by atoms with E-state index in [2.05, 4.69) is 23.7 Å². The van der Waals surface area contributed by atoms with Gasteiger partial charge in [0, 0.05) is 17.5 Å². The van der Waals surface area contributed by atoms with E-state index in [0.29, 0.717) is 24.3 Å². The molecule has 0 bridgehead atoms. The van der Waals surface area contributed by atoms with Crippen molar-refractivity contribution in [2.75, 3.05) is 18.1 Å². The maximum atomic E-state index is 11.8. The number of rotatable bonds is 4. The SMILES string of the molecule is CCOC(=O)c1nc(N2CCCC2C(C)C)sc1C. The monoisotopic (exact) mass is 282 g/mol. The zero-order chi connectivity index (χ0) is 14.0. The molecule has 2 rings (SSSR count). The minimum absolute atomic E-state index is 0.303. The Balaban J connectivity index is 2.22. The fourth-order valence-electron chi connectivity index (χ4n) is 2.62. The Hall–Kier alpha value is -1.10. The van der Waals surface area contributed by atoms with Gasteiger partial charge in [0.2, 0.25) is 0 Å². The Morgan fingerprint density at radius 2 is 2.32 bits per heavy atom. The van der Waals surface area contributed by atoms with Crippen molar-refractivity contribution in [1.82, 2.24) is 4.98 Å². The fraction of sp³-hybridized carbons (Fsp3) is 0.714. The largest absolute Gasteiger partial charge is 0.461 e. The van der Waals surface area contributed by atoms with Crippen molar-refractivity contribution in [1.29, 1.82) is 0 Å². The highest BCUT2D eigenvalue weighted by atomic mass is 32.1. The minimum Gasteiger partial charge on any atom is -0.461 e. The van der Waals surface area contributed by atoms with Crippen molar-refractivity contribution in [3.8, 4) is 0 Å². The molecule has 19 heavy (non-hydrogen) atoms. The van der Waals surface area contributed by atoms with Gasteiger partial charge in [0.1, 0.15) is 0 Å². The Bertz CT molecular complexity index is 456. The molecule has 0 aliphatic carbocycles. The third kappa shape index (κ3) is 2.91. The van der Waals surface area contributed by atoms with E-state index in [-0.39, 0.29) is 5.97 Å². The molecule has 0 radical (unpaired) electrons. The zero-order valence-electron chi connectivity index (χ0n) is 12.1. The van der Waals surface area contributed by atoms with E-state index in [1.807, 2.05) is 13.8 Å². The summed E-state index contributed by atoms with van der Waals surface area (Å²) in [4.78, 5) is 19.6. The molecule has 106 valence electrons. The van der Waals surface area contributed by atoms with Crippen LogP contribution in [0.5, 0.6) is 0 Å². The lowest BCUT2D eigenvalue weighted by Crippen LogP contribution is -2.33. The molecule has 0 aromatic carbocycles. The van der Waals surface area contributed by atoms with Crippen LogP contribution in [0, 0.1) is 12.8 Å². The van der Waals surface area contributed by atoms with Gasteiger partial charge >= 0.3 is 5.97 Å². The number of ether oxygens (including phenoxy) is 1. The van der Waals surface area contributed by atoms with Crippen molar-refractivity contribution in [2.24, 2.45) is 5.92 Å². The molecule has 0 spiro atoms. The highest BCUT2D eigenvalue weighted by Crippen LogP contribution is 2.34. The van der Waals surface area contributed by atoms with Crippen LogP contribution in [0.25, 0.3) is 0 Å². The molecule has 4 nitrogen and oxygen atoms in total. The third-order valence-electron chi connectivity index (χ3n) is 3.57. The number of aryl methyl sites for hydroxylation is 1. The summed E-state index contributed by atoms with van der Waals surface area (Å²) in [5, 5.41) is 0.969. The van der Waals surface area contributed by atoms with E-state index >= 15 is 0 Å². The molecule has 0 N–H and O–H groups in total. The highest BCUT2D eigenvalue weighted by molar-refractivity contribution is 7.15. The first-order valence-corrected chi connectivity index (χ1v) is 7.77. The molecule has 1 aromatic rings. The van der Waals surface area contributed by atoms with Crippen LogP contribution in [0.2, 0.25) is 0 Å². The van der Waals surface area contributed by atoms with Gasteiger partial charge < -0.3 is 9.64 Å². The van der Waals surface area contributed by atoms with Crippen molar-refractivity contribution in [3.05, 3.63) is 10.6 Å². The Kier molecular flexibility index (Phi) is 4.45. The van der Waals surface area contributed by atoms with Crippen LogP contribution < -0.4 is 4.90 Å². The van der Waals surface area contributed by atoms with E-state index in [1.54, 1.807) is 11.3 Å². The molecule has 0 amide bonds. The Labute approximate surface area is 118 Å². The van der Waals surface area contributed by atoms with Crippen LogP contribution in [0.4, 0.5) is 5.13 Å². The van der Waals surface area contributed by atoms with E-state index < -0.39 is 0 Å². The van der Waals surface area contributed by atoms with E-state index in [4.69, 9.17) is 4.74 Å². The molecule has 1 unspecified atom stereocenters. The first-order valence-electron chi connectivity index (χ1n) is 6.95. The smallest absolute Gasteiger partial charge is 0.358 e. The lowest BCUT2D eigenvalue weighted by Gasteiger charge is -2.27. The average Bonchev–Trinajstić information content (AvgIpc) is 2.94. The van der Waals surface area contributed by atoms with Gasteiger partial charge in [0.25, 0.3) is 0 Å². The Morgan fingerprint density at radius 3 is 2.95 bits per heavy atom. The lowest BCUT2D eigenvalue weighted by molar-refractivity contribution is 0.0519. The van der Waals surface area contributed by atoms with Gasteiger partial charge in [-0.05, 0) is 32.6 Å². The highest BCUT2D eigenvalue weighted by Gasteiger charge is 2.30. The number of anilines is 1. The van der Waals surface area contributed by atoms with E-state index in [9.17, 15) is 4.79 Å². The second kappa shape index (κ2) is 5.90. The quantitative estimate of drug-likeness (QED) is 0.795. The van der Waals surface area contributed by atoms with Gasteiger partial charge in [-0.25, -0.2) is 9.78 Å². The van der Waals surface area contributed by atoms with Gasteiger partial charge in [-0.2, -0.15) is 0 Å². The number of thiazole rings is 1. The molecule has 1 aliphatic heterocycles. The standard InChI is InChI=1S/C14H22N2O2S/c1-5-18-13(17)12-10(4)19-14(15-12)16-8-6-7-11(16)9(2)3/h9,11H,5-8H2,1-4H3. The summed E-state index contributed by atoms with van der Waals surface area (Å²) in [6.45, 7) is 9.68. The topological polar surface area (TPSA) is 42.4 Å². The molecule has 1 atom stereocenters. The molecule has 5 heteroatoms. The van der Waals surface area contributed by atoms with Crippen molar-refractivity contribution in [3.63, 3.8) is 0 Å². The number of esters is 1. The van der Waals surface area contributed by atoms with Crippen LogP contribution in [0.1, 0.15) is 49.0 Å². The minimum atomic E-state index is -0.303. The van der Waals surface area contributed by atoms with Crippen molar-refractivity contribution >= 4 is 22.4 Å². The van der Waals surface area contributed by atoms with Crippen LogP contribution in [-0.2, 0) is 4.74 Å². The summed E-state index contributed by atoms with van der Waals surface area (Å²) < 4.78 is 5.05. The molecule has 1 fully saturated rings. The van der Waals surface area contributed by atoms with E-state index in [1.165, 1.54) is 12.8 Å². The van der Waals surface area contributed by atoms with Gasteiger partial charge in [-0.1, -0.05) is 13.8 Å². The first-order chi connectivity index (χ1) is 9.04. The van der Waals surface area contributed by atoms with Crippen LogP contribution in [-0.4, -0.2) is 30.1 Å². The average molecular weight is 282 g/mol.